The monoisotopic (exact) mass is 249 g/mol. The Morgan fingerprint density at radius 3 is 2.33 bits per heavy atom. The van der Waals surface area contributed by atoms with Crippen LogP contribution in [0.5, 0.6) is 0 Å². The van der Waals surface area contributed by atoms with Crippen LogP contribution in [0.1, 0.15) is 32.3 Å². The Morgan fingerprint density at radius 2 is 1.89 bits per heavy atom. The summed E-state index contributed by atoms with van der Waals surface area (Å²) < 4.78 is 0. The van der Waals surface area contributed by atoms with E-state index < -0.39 is 0 Å². The van der Waals surface area contributed by atoms with Crippen LogP contribution in [-0.2, 0) is 6.42 Å². The highest BCUT2D eigenvalue weighted by Crippen LogP contribution is 2.23. The Bertz CT molecular complexity index is 337. The second-order valence-electron chi connectivity index (χ2n) is 5.35. The van der Waals surface area contributed by atoms with Crippen LogP contribution in [-0.4, -0.2) is 30.6 Å². The molecular formula is C15H27N3. The van der Waals surface area contributed by atoms with Crippen molar-refractivity contribution in [1.82, 2.24) is 10.3 Å². The first-order valence-electron chi connectivity index (χ1n) is 6.72. The van der Waals surface area contributed by atoms with Crippen molar-refractivity contribution in [2.75, 3.05) is 14.1 Å². The van der Waals surface area contributed by atoms with Gasteiger partial charge in [0.1, 0.15) is 0 Å². The molecule has 3 heteroatoms. The fraction of sp³-hybridized carbons (Fsp3) is 0.600. The van der Waals surface area contributed by atoms with Crippen molar-refractivity contribution in [3.63, 3.8) is 0 Å². The van der Waals surface area contributed by atoms with Crippen molar-refractivity contribution < 1.29 is 0 Å². The van der Waals surface area contributed by atoms with Gasteiger partial charge in [-0.25, -0.2) is 0 Å². The summed E-state index contributed by atoms with van der Waals surface area (Å²) in [6.07, 6.45) is 3.17. The number of nitrogens with zero attached hydrogens (tertiary/aromatic N) is 1. The maximum atomic E-state index is 5.76. The highest BCUT2D eigenvalue weighted by molar-refractivity contribution is 5.15. The summed E-state index contributed by atoms with van der Waals surface area (Å²) in [6, 6.07) is 10.9. The molecule has 0 amide bonds. The van der Waals surface area contributed by atoms with Crippen LogP contribution >= 0.6 is 0 Å². The summed E-state index contributed by atoms with van der Waals surface area (Å²) in [7, 11) is 4.24. The number of nitrogens with one attached hydrogen (secondary N) is 1. The van der Waals surface area contributed by atoms with E-state index in [0.29, 0.717) is 0 Å². The molecule has 3 N–H and O–H groups in total. The normalized spacial score (nSPS) is 16.6. The van der Waals surface area contributed by atoms with Crippen LogP contribution < -0.4 is 11.3 Å². The van der Waals surface area contributed by atoms with Gasteiger partial charge in [0.05, 0.1) is 0 Å². The maximum Gasteiger partial charge on any atom is 0.0394 e. The van der Waals surface area contributed by atoms with Crippen LogP contribution in [0.3, 0.4) is 0 Å². The number of hydrazine groups is 1. The first-order valence-corrected chi connectivity index (χ1v) is 6.72. The highest BCUT2D eigenvalue weighted by atomic mass is 15.3. The van der Waals surface area contributed by atoms with E-state index in [-0.39, 0.29) is 11.6 Å². The number of benzene rings is 1. The van der Waals surface area contributed by atoms with Crippen molar-refractivity contribution in [3.8, 4) is 0 Å². The molecule has 1 aromatic rings. The third kappa shape index (κ3) is 3.55. The van der Waals surface area contributed by atoms with E-state index in [0.717, 1.165) is 19.3 Å². The van der Waals surface area contributed by atoms with Crippen molar-refractivity contribution >= 4 is 0 Å². The minimum atomic E-state index is 0.0868. The molecule has 0 aliphatic rings. The molecule has 0 heterocycles. The number of nitrogens with two attached hydrogens (primary N) is 1. The lowest BCUT2D eigenvalue weighted by molar-refractivity contribution is 0.108. The van der Waals surface area contributed by atoms with Crippen molar-refractivity contribution in [2.45, 2.75) is 44.7 Å². The second-order valence-corrected chi connectivity index (χ2v) is 5.35. The molecule has 0 saturated carbocycles. The lowest BCUT2D eigenvalue weighted by atomic mass is 9.85. The number of likely N-dealkylation sites (N-methyl/N-ethyl adjacent to an activating group) is 1. The molecule has 0 fully saturated rings. The van der Waals surface area contributed by atoms with Crippen molar-refractivity contribution in [2.24, 2.45) is 5.84 Å². The van der Waals surface area contributed by atoms with Gasteiger partial charge in [0.2, 0.25) is 0 Å². The molecule has 2 unspecified atom stereocenters. The highest BCUT2D eigenvalue weighted by Gasteiger charge is 2.33. The molecule has 0 aliphatic carbocycles. The molecule has 1 rings (SSSR count). The summed E-state index contributed by atoms with van der Waals surface area (Å²) >= 11 is 0. The lowest BCUT2D eigenvalue weighted by Gasteiger charge is -2.42. The molecule has 2 atom stereocenters. The van der Waals surface area contributed by atoms with Gasteiger partial charge >= 0.3 is 0 Å². The number of aryl methyl sites for hydroxylation is 1. The quantitative estimate of drug-likeness (QED) is 0.575. The molecule has 0 saturated heterocycles. The topological polar surface area (TPSA) is 41.3 Å². The Hall–Kier alpha value is -0.900. The van der Waals surface area contributed by atoms with Gasteiger partial charge in [-0.15, -0.1) is 0 Å². The van der Waals surface area contributed by atoms with Gasteiger partial charge in [-0.2, -0.15) is 0 Å². The van der Waals surface area contributed by atoms with Crippen LogP contribution in [0.2, 0.25) is 0 Å². The van der Waals surface area contributed by atoms with E-state index in [2.05, 4.69) is 68.6 Å². The first-order chi connectivity index (χ1) is 8.54. The van der Waals surface area contributed by atoms with Crippen LogP contribution in [0.4, 0.5) is 0 Å². The van der Waals surface area contributed by atoms with E-state index in [1.165, 1.54) is 5.56 Å². The fourth-order valence-electron chi connectivity index (χ4n) is 2.40. The van der Waals surface area contributed by atoms with Crippen LogP contribution in [0.15, 0.2) is 30.3 Å². The zero-order chi connectivity index (χ0) is 13.6. The smallest absolute Gasteiger partial charge is 0.0394 e. The predicted molar refractivity (Wildman–Crippen MR) is 78.3 cm³/mol. The van der Waals surface area contributed by atoms with Crippen molar-refractivity contribution in [3.05, 3.63) is 35.9 Å². The second kappa shape index (κ2) is 6.88. The summed E-state index contributed by atoms with van der Waals surface area (Å²) in [5.74, 6) is 5.76. The predicted octanol–water partition coefficient (Wildman–Crippen LogP) is 2.18. The molecule has 0 bridgehead atoms. The average molecular weight is 249 g/mol. The Balaban J connectivity index is 2.67. The Labute approximate surface area is 111 Å². The zero-order valence-corrected chi connectivity index (χ0v) is 12.1. The summed E-state index contributed by atoms with van der Waals surface area (Å²) in [4.78, 5) is 2.27. The van der Waals surface area contributed by atoms with E-state index in [4.69, 9.17) is 5.84 Å². The molecular weight excluding hydrogens is 222 g/mol. The van der Waals surface area contributed by atoms with Crippen LogP contribution in [0.25, 0.3) is 0 Å². The molecule has 102 valence electrons. The van der Waals surface area contributed by atoms with E-state index in [1.54, 1.807) is 0 Å². The Kier molecular flexibility index (Phi) is 5.79. The van der Waals surface area contributed by atoms with Gasteiger partial charge in [-0.1, -0.05) is 37.3 Å². The van der Waals surface area contributed by atoms with Crippen LogP contribution in [0, 0.1) is 0 Å². The van der Waals surface area contributed by atoms with Gasteiger partial charge < -0.3 is 4.90 Å². The van der Waals surface area contributed by atoms with E-state index in [1.807, 2.05) is 0 Å². The molecule has 0 aromatic heterocycles. The van der Waals surface area contributed by atoms with E-state index in [9.17, 15) is 0 Å². The summed E-state index contributed by atoms with van der Waals surface area (Å²) in [5, 5.41) is 0. The largest absolute Gasteiger partial charge is 0.302 e. The van der Waals surface area contributed by atoms with Gasteiger partial charge in [0.15, 0.2) is 0 Å². The number of hydrogen-bond acceptors (Lipinski definition) is 3. The third-order valence-corrected chi connectivity index (χ3v) is 4.25. The van der Waals surface area contributed by atoms with Gasteiger partial charge in [0.25, 0.3) is 0 Å². The maximum absolute atomic E-state index is 5.76. The van der Waals surface area contributed by atoms with Gasteiger partial charge in [-0.3, -0.25) is 11.3 Å². The minimum absolute atomic E-state index is 0.0868. The third-order valence-electron chi connectivity index (χ3n) is 4.25. The molecule has 0 spiro atoms. The summed E-state index contributed by atoms with van der Waals surface area (Å²) in [5.41, 5.74) is 4.46. The minimum Gasteiger partial charge on any atom is -0.302 e. The van der Waals surface area contributed by atoms with E-state index >= 15 is 0 Å². The van der Waals surface area contributed by atoms with Crippen molar-refractivity contribution in [1.29, 1.82) is 0 Å². The molecule has 1 aromatic carbocycles. The first kappa shape index (κ1) is 15.2. The molecule has 18 heavy (non-hydrogen) atoms. The number of hydrogen-bond donors (Lipinski definition) is 2. The average Bonchev–Trinajstić information content (AvgIpc) is 2.39. The lowest BCUT2D eigenvalue weighted by Crippen LogP contribution is -2.58. The number of rotatable bonds is 7. The Morgan fingerprint density at radius 1 is 1.28 bits per heavy atom. The fourth-order valence-corrected chi connectivity index (χ4v) is 2.40. The SMILES string of the molecule is CCC(C)(C(CCc1ccccc1)NN)N(C)C. The zero-order valence-electron chi connectivity index (χ0n) is 12.1. The summed E-state index contributed by atoms with van der Waals surface area (Å²) in [6.45, 7) is 4.48. The standard InChI is InChI=1S/C15H27N3/c1-5-15(2,18(3)4)14(17-16)12-11-13-9-7-6-8-10-13/h6-10,14,17H,5,11-12,16H2,1-4H3. The molecule has 3 nitrogen and oxygen atoms in total. The van der Waals surface area contributed by atoms with Gasteiger partial charge in [0, 0.05) is 11.6 Å². The molecule has 0 radical (unpaired) electrons. The molecule has 0 aliphatic heterocycles. The van der Waals surface area contributed by atoms with Gasteiger partial charge in [-0.05, 0) is 45.8 Å².